The van der Waals surface area contributed by atoms with E-state index in [-0.39, 0.29) is 11.8 Å². The number of aromatic hydroxyl groups is 1. The highest BCUT2D eigenvalue weighted by atomic mass is 79.9. The third-order valence-electron chi connectivity index (χ3n) is 4.03. The standard InChI is InChI=1S/C18H27BrN2O3/c1-18(2,3)24-17(23)21-10-5-7-14(9-11-21)20-12-13-6-4-8-15(19)16(13)22/h4,6,8,14,20,22H,5,7,9-12H2,1-3H3. The van der Waals surface area contributed by atoms with Crippen LogP contribution in [0, 0.1) is 0 Å². The highest BCUT2D eigenvalue weighted by molar-refractivity contribution is 9.10. The van der Waals surface area contributed by atoms with E-state index in [4.69, 9.17) is 4.74 Å². The first-order valence-electron chi connectivity index (χ1n) is 8.44. The van der Waals surface area contributed by atoms with E-state index >= 15 is 0 Å². The lowest BCUT2D eigenvalue weighted by atomic mass is 10.1. The molecule has 1 saturated heterocycles. The summed E-state index contributed by atoms with van der Waals surface area (Å²) in [5.41, 5.74) is 0.414. The minimum atomic E-state index is -0.459. The Bertz CT molecular complexity index is 572. The molecule has 1 unspecified atom stereocenters. The van der Waals surface area contributed by atoms with Crippen LogP contribution < -0.4 is 5.32 Å². The molecule has 0 saturated carbocycles. The Morgan fingerprint density at radius 3 is 2.83 bits per heavy atom. The van der Waals surface area contributed by atoms with Crippen molar-refractivity contribution in [1.82, 2.24) is 10.2 Å². The fourth-order valence-electron chi connectivity index (χ4n) is 2.77. The maximum atomic E-state index is 12.2. The van der Waals surface area contributed by atoms with Gasteiger partial charge in [-0.15, -0.1) is 0 Å². The minimum absolute atomic E-state index is 0.229. The van der Waals surface area contributed by atoms with Crippen LogP contribution in [0.15, 0.2) is 22.7 Å². The van der Waals surface area contributed by atoms with E-state index in [2.05, 4.69) is 21.2 Å². The number of hydrogen-bond acceptors (Lipinski definition) is 4. The molecule has 2 rings (SSSR count). The van der Waals surface area contributed by atoms with Gasteiger partial charge in [0.2, 0.25) is 0 Å². The van der Waals surface area contributed by atoms with Crippen molar-refractivity contribution in [3.05, 3.63) is 28.2 Å². The largest absolute Gasteiger partial charge is 0.506 e. The molecule has 0 aliphatic carbocycles. The van der Waals surface area contributed by atoms with Crippen molar-refractivity contribution >= 4 is 22.0 Å². The van der Waals surface area contributed by atoms with Crippen molar-refractivity contribution in [3.8, 4) is 5.75 Å². The van der Waals surface area contributed by atoms with Gasteiger partial charge in [-0.2, -0.15) is 0 Å². The Kier molecular flexibility index (Phi) is 6.52. The van der Waals surface area contributed by atoms with Gasteiger partial charge >= 0.3 is 6.09 Å². The maximum Gasteiger partial charge on any atom is 0.410 e. The lowest BCUT2D eigenvalue weighted by Gasteiger charge is -2.26. The summed E-state index contributed by atoms with van der Waals surface area (Å²) in [5, 5.41) is 13.5. The summed E-state index contributed by atoms with van der Waals surface area (Å²) in [6.07, 6.45) is 2.61. The van der Waals surface area contributed by atoms with Gasteiger partial charge in [-0.05, 0) is 62.0 Å². The van der Waals surface area contributed by atoms with Crippen molar-refractivity contribution in [2.24, 2.45) is 0 Å². The summed E-state index contributed by atoms with van der Waals surface area (Å²) in [7, 11) is 0. The van der Waals surface area contributed by atoms with Crippen molar-refractivity contribution in [3.63, 3.8) is 0 Å². The number of hydrogen-bond donors (Lipinski definition) is 2. The molecule has 1 aromatic carbocycles. The topological polar surface area (TPSA) is 61.8 Å². The molecule has 1 aromatic rings. The molecule has 134 valence electrons. The number of likely N-dealkylation sites (tertiary alicyclic amines) is 1. The van der Waals surface area contributed by atoms with E-state index in [0.29, 0.717) is 23.6 Å². The molecule has 0 aromatic heterocycles. The molecular formula is C18H27BrN2O3. The molecule has 6 heteroatoms. The molecule has 0 spiro atoms. The molecule has 5 nitrogen and oxygen atoms in total. The van der Waals surface area contributed by atoms with Crippen molar-refractivity contribution in [2.45, 2.75) is 58.2 Å². The molecule has 1 aliphatic heterocycles. The van der Waals surface area contributed by atoms with Crippen LogP contribution in [-0.4, -0.2) is 40.8 Å². The minimum Gasteiger partial charge on any atom is -0.506 e. The lowest BCUT2D eigenvalue weighted by molar-refractivity contribution is 0.0256. The number of nitrogens with zero attached hydrogens (tertiary/aromatic N) is 1. The van der Waals surface area contributed by atoms with Gasteiger partial charge in [0.05, 0.1) is 4.47 Å². The van der Waals surface area contributed by atoms with E-state index in [1.165, 1.54) is 0 Å². The number of nitrogens with one attached hydrogen (secondary N) is 1. The summed E-state index contributed by atoms with van der Waals surface area (Å²) < 4.78 is 6.16. The van der Waals surface area contributed by atoms with Gasteiger partial charge in [0.15, 0.2) is 0 Å². The number of carbonyl (C=O) groups is 1. The summed E-state index contributed by atoms with van der Waals surface area (Å²) in [6.45, 7) is 7.70. The van der Waals surface area contributed by atoms with E-state index in [0.717, 1.165) is 31.4 Å². The first-order chi connectivity index (χ1) is 11.3. The number of benzene rings is 1. The Hall–Kier alpha value is -1.27. The summed E-state index contributed by atoms with van der Waals surface area (Å²) in [6, 6.07) is 5.98. The van der Waals surface area contributed by atoms with Crippen LogP contribution in [0.25, 0.3) is 0 Å². The predicted molar refractivity (Wildman–Crippen MR) is 98.1 cm³/mol. The van der Waals surface area contributed by atoms with E-state index in [1.807, 2.05) is 39.0 Å². The van der Waals surface area contributed by atoms with Crippen molar-refractivity contribution < 1.29 is 14.6 Å². The zero-order valence-corrected chi connectivity index (χ0v) is 16.2. The van der Waals surface area contributed by atoms with Crippen LogP contribution in [0.4, 0.5) is 4.79 Å². The quantitative estimate of drug-likeness (QED) is 0.806. The third-order valence-corrected chi connectivity index (χ3v) is 4.67. The number of rotatable bonds is 3. The van der Waals surface area contributed by atoms with Crippen LogP contribution in [-0.2, 0) is 11.3 Å². The molecule has 1 heterocycles. The number of ether oxygens (including phenoxy) is 1. The molecular weight excluding hydrogens is 372 g/mol. The number of phenols is 1. The number of halogens is 1. The third kappa shape index (κ3) is 5.67. The summed E-state index contributed by atoms with van der Waals surface area (Å²) >= 11 is 3.34. The molecule has 0 bridgehead atoms. The van der Waals surface area contributed by atoms with Gasteiger partial charge in [-0.1, -0.05) is 12.1 Å². The highest BCUT2D eigenvalue weighted by Crippen LogP contribution is 2.27. The molecule has 0 radical (unpaired) electrons. The van der Waals surface area contributed by atoms with E-state index < -0.39 is 5.60 Å². The number of carbonyl (C=O) groups excluding carboxylic acids is 1. The second-order valence-electron chi connectivity index (χ2n) is 7.22. The first kappa shape index (κ1) is 19.1. The number of amides is 1. The zero-order chi connectivity index (χ0) is 17.7. The number of phenolic OH excluding ortho intramolecular Hbond substituents is 1. The average Bonchev–Trinajstić information content (AvgIpc) is 2.73. The molecule has 2 N–H and O–H groups in total. The van der Waals surface area contributed by atoms with Crippen LogP contribution in [0.2, 0.25) is 0 Å². The molecule has 24 heavy (non-hydrogen) atoms. The Morgan fingerprint density at radius 2 is 2.12 bits per heavy atom. The number of para-hydroxylation sites is 1. The van der Waals surface area contributed by atoms with E-state index in [9.17, 15) is 9.90 Å². The molecule has 1 atom stereocenters. The van der Waals surface area contributed by atoms with Crippen molar-refractivity contribution in [2.75, 3.05) is 13.1 Å². The normalized spacial score (nSPS) is 19.0. The van der Waals surface area contributed by atoms with Gasteiger partial charge in [0.25, 0.3) is 0 Å². The van der Waals surface area contributed by atoms with Gasteiger partial charge < -0.3 is 20.1 Å². The smallest absolute Gasteiger partial charge is 0.410 e. The monoisotopic (exact) mass is 398 g/mol. The lowest BCUT2D eigenvalue weighted by Crippen LogP contribution is -2.38. The second kappa shape index (κ2) is 8.21. The van der Waals surface area contributed by atoms with Gasteiger partial charge in [0, 0.05) is 31.2 Å². The fraction of sp³-hybridized carbons (Fsp3) is 0.611. The van der Waals surface area contributed by atoms with Gasteiger partial charge in [-0.25, -0.2) is 4.79 Å². The Labute approximate surface area is 152 Å². The molecule has 1 aliphatic rings. The maximum absolute atomic E-state index is 12.2. The van der Waals surface area contributed by atoms with Crippen LogP contribution in [0.3, 0.4) is 0 Å². The van der Waals surface area contributed by atoms with Crippen molar-refractivity contribution in [1.29, 1.82) is 0 Å². The fourth-order valence-corrected chi connectivity index (χ4v) is 3.17. The van der Waals surface area contributed by atoms with Gasteiger partial charge in [0.1, 0.15) is 11.4 Å². The SMILES string of the molecule is CC(C)(C)OC(=O)N1CCCC(NCc2cccc(Br)c2O)CC1. The second-order valence-corrected chi connectivity index (χ2v) is 8.08. The average molecular weight is 399 g/mol. The summed E-state index contributed by atoms with van der Waals surface area (Å²) in [4.78, 5) is 14.0. The van der Waals surface area contributed by atoms with E-state index in [1.54, 1.807) is 4.90 Å². The first-order valence-corrected chi connectivity index (χ1v) is 9.23. The Balaban J connectivity index is 1.85. The molecule has 1 fully saturated rings. The highest BCUT2D eigenvalue weighted by Gasteiger charge is 2.25. The zero-order valence-electron chi connectivity index (χ0n) is 14.6. The molecule has 1 amide bonds. The summed E-state index contributed by atoms with van der Waals surface area (Å²) in [5.74, 6) is 0.286. The van der Waals surface area contributed by atoms with Crippen LogP contribution in [0.1, 0.15) is 45.6 Å². The Morgan fingerprint density at radius 1 is 1.38 bits per heavy atom. The van der Waals surface area contributed by atoms with Gasteiger partial charge in [-0.3, -0.25) is 0 Å². The van der Waals surface area contributed by atoms with Crippen LogP contribution >= 0.6 is 15.9 Å². The van der Waals surface area contributed by atoms with Crippen LogP contribution in [0.5, 0.6) is 5.75 Å². The predicted octanol–water partition coefficient (Wildman–Crippen LogP) is 4.03.